The van der Waals surface area contributed by atoms with E-state index in [1.807, 2.05) is 19.0 Å². The number of likely N-dealkylation sites (N-methyl/N-ethyl adjacent to an activating group) is 1. The van der Waals surface area contributed by atoms with Gasteiger partial charge in [0.15, 0.2) is 6.10 Å². The summed E-state index contributed by atoms with van der Waals surface area (Å²) >= 11 is 5.91. The Morgan fingerprint density at radius 1 is 1.13 bits per heavy atom. The number of rotatable bonds is 9. The quantitative estimate of drug-likeness (QED) is 0.440. The van der Waals surface area contributed by atoms with Gasteiger partial charge >= 0.3 is 12.1 Å². The Kier molecular flexibility index (Phi) is 11.2. The predicted octanol–water partition coefficient (Wildman–Crippen LogP) is 4.56. The van der Waals surface area contributed by atoms with E-state index in [0.717, 1.165) is 6.54 Å². The molecule has 1 unspecified atom stereocenters. The van der Waals surface area contributed by atoms with E-state index in [9.17, 15) is 9.59 Å². The zero-order valence-electron chi connectivity index (χ0n) is 17.1. The van der Waals surface area contributed by atoms with E-state index in [4.69, 9.17) is 25.8 Å². The van der Waals surface area contributed by atoms with Crippen LogP contribution in [0.15, 0.2) is 48.5 Å². The van der Waals surface area contributed by atoms with E-state index < -0.39 is 18.2 Å². The first kappa shape index (κ1) is 25.7. The molecule has 1 N–H and O–H groups in total. The fourth-order valence-corrected chi connectivity index (χ4v) is 2.62. The number of carbonyl (C=O) groups is 2. The average Bonchev–Trinajstić information content (AvgIpc) is 2.64. The Bertz CT molecular complexity index is 833. The molecule has 0 aliphatic carbocycles. The zero-order chi connectivity index (χ0) is 21.2. The SMILES string of the molecule is CC(=O)OC(COCCN(C)C)c1cccc(OC(=O)Nc2cccc(Cl)c2)c1.Cl. The maximum atomic E-state index is 12.1. The molecule has 30 heavy (non-hydrogen) atoms. The summed E-state index contributed by atoms with van der Waals surface area (Å²) in [5.41, 5.74) is 1.18. The molecular weight excluding hydrogens is 431 g/mol. The van der Waals surface area contributed by atoms with E-state index >= 15 is 0 Å². The highest BCUT2D eigenvalue weighted by Crippen LogP contribution is 2.23. The van der Waals surface area contributed by atoms with Crippen molar-refractivity contribution in [1.29, 1.82) is 0 Å². The molecule has 0 spiro atoms. The van der Waals surface area contributed by atoms with Crippen molar-refractivity contribution < 1.29 is 23.8 Å². The smallest absolute Gasteiger partial charge is 0.417 e. The molecule has 2 aromatic rings. The summed E-state index contributed by atoms with van der Waals surface area (Å²) < 4.78 is 16.3. The summed E-state index contributed by atoms with van der Waals surface area (Å²) in [4.78, 5) is 25.6. The first-order valence-corrected chi connectivity index (χ1v) is 9.45. The van der Waals surface area contributed by atoms with E-state index in [1.54, 1.807) is 48.5 Å². The highest BCUT2D eigenvalue weighted by atomic mass is 35.5. The summed E-state index contributed by atoms with van der Waals surface area (Å²) in [6, 6.07) is 13.5. The molecule has 0 saturated heterocycles. The van der Waals surface area contributed by atoms with E-state index in [-0.39, 0.29) is 19.0 Å². The lowest BCUT2D eigenvalue weighted by atomic mass is 10.1. The standard InChI is InChI=1S/C21H25ClN2O5.ClH/c1-15(25)28-20(14-27-11-10-24(2)3)16-6-4-9-19(12-16)29-21(26)23-18-8-5-7-17(22)13-18;/h4-9,12-13,20H,10-11,14H2,1-3H3,(H,23,26);1H. The highest BCUT2D eigenvalue weighted by Gasteiger charge is 2.17. The van der Waals surface area contributed by atoms with Crippen molar-refractivity contribution in [3.63, 3.8) is 0 Å². The predicted molar refractivity (Wildman–Crippen MR) is 119 cm³/mol. The number of nitrogens with zero attached hydrogens (tertiary/aromatic N) is 1. The lowest BCUT2D eigenvalue weighted by molar-refractivity contribution is -0.150. The molecule has 2 aromatic carbocycles. The van der Waals surface area contributed by atoms with Crippen molar-refractivity contribution in [2.75, 3.05) is 39.2 Å². The fraction of sp³-hybridized carbons (Fsp3) is 0.333. The van der Waals surface area contributed by atoms with Crippen molar-refractivity contribution >= 4 is 41.8 Å². The summed E-state index contributed by atoms with van der Waals surface area (Å²) in [5, 5.41) is 3.11. The minimum atomic E-state index is -0.657. The molecule has 0 aromatic heterocycles. The third kappa shape index (κ3) is 9.45. The largest absolute Gasteiger partial charge is 0.455 e. The number of esters is 1. The first-order chi connectivity index (χ1) is 13.8. The number of anilines is 1. The van der Waals surface area contributed by atoms with Crippen LogP contribution in [0.4, 0.5) is 10.5 Å². The van der Waals surface area contributed by atoms with Crippen molar-refractivity contribution in [3.8, 4) is 5.75 Å². The molecule has 2 rings (SSSR count). The average molecular weight is 457 g/mol. The van der Waals surface area contributed by atoms with E-state index in [1.165, 1.54) is 6.92 Å². The molecule has 0 saturated carbocycles. The maximum Gasteiger partial charge on any atom is 0.417 e. The van der Waals surface area contributed by atoms with Gasteiger partial charge in [0, 0.05) is 24.2 Å². The van der Waals surface area contributed by atoms with Crippen LogP contribution in [0.5, 0.6) is 5.75 Å². The second-order valence-electron chi connectivity index (χ2n) is 6.57. The van der Waals surface area contributed by atoms with Crippen LogP contribution in [0.3, 0.4) is 0 Å². The number of amides is 1. The number of benzene rings is 2. The Labute approximate surface area is 187 Å². The van der Waals surface area contributed by atoms with Crippen LogP contribution in [0, 0.1) is 0 Å². The molecule has 1 atom stereocenters. The molecule has 0 aliphatic heterocycles. The molecule has 9 heteroatoms. The van der Waals surface area contributed by atoms with Gasteiger partial charge in [0.05, 0.1) is 13.2 Å². The maximum absolute atomic E-state index is 12.1. The van der Waals surface area contributed by atoms with Crippen molar-refractivity contribution in [2.24, 2.45) is 0 Å². The van der Waals surface area contributed by atoms with Gasteiger partial charge in [-0.3, -0.25) is 10.1 Å². The third-order valence-electron chi connectivity index (χ3n) is 3.77. The van der Waals surface area contributed by atoms with Gasteiger partial charge < -0.3 is 19.1 Å². The highest BCUT2D eigenvalue weighted by molar-refractivity contribution is 6.30. The summed E-state index contributed by atoms with van der Waals surface area (Å²) in [5.74, 6) is -0.108. The second-order valence-corrected chi connectivity index (χ2v) is 7.01. The summed E-state index contributed by atoms with van der Waals surface area (Å²) in [6.45, 7) is 2.79. The molecule has 0 bridgehead atoms. The van der Waals surface area contributed by atoms with Crippen LogP contribution in [-0.4, -0.2) is 50.8 Å². The Morgan fingerprint density at radius 3 is 2.53 bits per heavy atom. The first-order valence-electron chi connectivity index (χ1n) is 9.07. The molecular formula is C21H26Cl2N2O5. The molecule has 164 valence electrons. The topological polar surface area (TPSA) is 77.1 Å². The monoisotopic (exact) mass is 456 g/mol. The lowest BCUT2D eigenvalue weighted by Crippen LogP contribution is -2.21. The van der Waals surface area contributed by atoms with Crippen LogP contribution in [0.1, 0.15) is 18.6 Å². The van der Waals surface area contributed by atoms with Crippen LogP contribution < -0.4 is 10.1 Å². The number of carbonyl (C=O) groups excluding carboxylic acids is 2. The summed E-state index contributed by atoms with van der Waals surface area (Å²) in [6.07, 6.45) is -1.26. The third-order valence-corrected chi connectivity index (χ3v) is 4.01. The van der Waals surface area contributed by atoms with Crippen molar-refractivity contribution in [1.82, 2.24) is 4.90 Å². The summed E-state index contributed by atoms with van der Waals surface area (Å²) in [7, 11) is 3.89. The molecule has 0 radical (unpaired) electrons. The minimum absolute atomic E-state index is 0. The molecule has 7 nitrogen and oxygen atoms in total. The van der Waals surface area contributed by atoms with Crippen LogP contribution >= 0.6 is 24.0 Å². The van der Waals surface area contributed by atoms with Crippen LogP contribution in [-0.2, 0) is 14.3 Å². The van der Waals surface area contributed by atoms with Gasteiger partial charge in [0.25, 0.3) is 0 Å². The van der Waals surface area contributed by atoms with Gasteiger partial charge in [0.1, 0.15) is 5.75 Å². The second kappa shape index (κ2) is 13.1. The number of hydrogen-bond acceptors (Lipinski definition) is 6. The van der Waals surface area contributed by atoms with E-state index in [2.05, 4.69) is 5.32 Å². The molecule has 0 aliphatic rings. The number of halogens is 2. The minimum Gasteiger partial charge on any atom is -0.455 e. The number of nitrogens with one attached hydrogen (secondary N) is 1. The molecule has 1 amide bonds. The van der Waals surface area contributed by atoms with Gasteiger partial charge in [-0.25, -0.2) is 4.79 Å². The van der Waals surface area contributed by atoms with Crippen LogP contribution in [0.25, 0.3) is 0 Å². The number of hydrogen-bond donors (Lipinski definition) is 1. The Hall–Kier alpha value is -2.32. The van der Waals surface area contributed by atoms with Gasteiger partial charge in [-0.15, -0.1) is 12.4 Å². The van der Waals surface area contributed by atoms with Gasteiger partial charge in [-0.05, 0) is 50.0 Å². The van der Waals surface area contributed by atoms with Gasteiger partial charge in [-0.1, -0.05) is 29.8 Å². The Morgan fingerprint density at radius 2 is 1.87 bits per heavy atom. The van der Waals surface area contributed by atoms with Crippen molar-refractivity contribution in [2.45, 2.75) is 13.0 Å². The lowest BCUT2D eigenvalue weighted by Gasteiger charge is -2.19. The molecule has 0 fully saturated rings. The van der Waals surface area contributed by atoms with Gasteiger partial charge in [0.2, 0.25) is 0 Å². The normalized spacial score (nSPS) is 11.4. The molecule has 0 heterocycles. The Balaban J connectivity index is 0.00000450. The van der Waals surface area contributed by atoms with Crippen molar-refractivity contribution in [3.05, 3.63) is 59.1 Å². The van der Waals surface area contributed by atoms with E-state index in [0.29, 0.717) is 28.6 Å². The van der Waals surface area contributed by atoms with Gasteiger partial charge in [-0.2, -0.15) is 0 Å². The number of ether oxygens (including phenoxy) is 3. The fourth-order valence-electron chi connectivity index (χ4n) is 2.43. The zero-order valence-corrected chi connectivity index (χ0v) is 18.7. The van der Waals surface area contributed by atoms with Crippen LogP contribution in [0.2, 0.25) is 5.02 Å².